The van der Waals surface area contributed by atoms with E-state index in [9.17, 15) is 9.59 Å². The van der Waals surface area contributed by atoms with Gasteiger partial charge in [0, 0.05) is 18.8 Å². The Morgan fingerprint density at radius 2 is 2.05 bits per heavy atom. The molecule has 1 aromatic carbocycles. The third-order valence-corrected chi connectivity index (χ3v) is 3.21. The first-order chi connectivity index (χ1) is 10.2. The molecular weight excluding hydrogens is 270 g/mol. The fourth-order valence-corrected chi connectivity index (χ4v) is 2.10. The smallest absolute Gasteiger partial charge is 0.331 e. The normalized spacial score (nSPS) is 10.6. The Morgan fingerprint density at radius 3 is 2.76 bits per heavy atom. The number of benzene rings is 1. The van der Waals surface area contributed by atoms with E-state index in [2.05, 4.69) is 0 Å². The summed E-state index contributed by atoms with van der Waals surface area (Å²) in [5.74, 6) is 0.733. The lowest BCUT2D eigenvalue weighted by molar-refractivity contribution is 0.414. The van der Waals surface area contributed by atoms with Crippen molar-refractivity contribution in [3.05, 3.63) is 62.9 Å². The molecule has 0 saturated carbocycles. The van der Waals surface area contributed by atoms with E-state index in [-0.39, 0.29) is 11.2 Å². The molecule has 6 nitrogen and oxygen atoms in total. The van der Waals surface area contributed by atoms with Gasteiger partial charge in [-0.05, 0) is 30.7 Å². The van der Waals surface area contributed by atoms with Gasteiger partial charge in [-0.15, -0.1) is 0 Å². The van der Waals surface area contributed by atoms with Crippen LogP contribution in [0, 0.1) is 0 Å². The molecule has 21 heavy (non-hydrogen) atoms. The lowest BCUT2D eigenvalue weighted by Crippen LogP contribution is -2.39. The molecule has 0 radical (unpaired) electrons. The van der Waals surface area contributed by atoms with Crippen molar-refractivity contribution in [2.45, 2.75) is 19.5 Å². The lowest BCUT2D eigenvalue weighted by atomic mass is 10.2. The van der Waals surface area contributed by atoms with Crippen LogP contribution in [0.15, 0.2) is 46.1 Å². The topological polar surface area (TPSA) is 79.2 Å². The third kappa shape index (κ3) is 3.61. The second kappa shape index (κ2) is 6.90. The maximum absolute atomic E-state index is 12.3. The van der Waals surface area contributed by atoms with Crippen LogP contribution in [0.2, 0.25) is 0 Å². The number of methoxy groups -OCH3 is 1. The molecule has 112 valence electrons. The second-order valence-corrected chi connectivity index (χ2v) is 4.71. The highest BCUT2D eigenvalue weighted by Gasteiger charge is 2.06. The number of hydrogen-bond donors (Lipinski definition) is 1. The molecule has 1 heterocycles. The number of nitrogens with two attached hydrogens (primary N) is 1. The molecule has 0 aliphatic heterocycles. The highest BCUT2D eigenvalue weighted by atomic mass is 16.5. The van der Waals surface area contributed by atoms with Crippen molar-refractivity contribution in [3.63, 3.8) is 0 Å². The van der Waals surface area contributed by atoms with Crippen molar-refractivity contribution in [2.75, 3.05) is 13.7 Å². The molecule has 6 heteroatoms. The predicted octanol–water partition coefficient (Wildman–Crippen LogP) is 0.416. The minimum atomic E-state index is -0.321. The lowest BCUT2D eigenvalue weighted by Gasteiger charge is -2.10. The predicted molar refractivity (Wildman–Crippen MR) is 80.7 cm³/mol. The summed E-state index contributed by atoms with van der Waals surface area (Å²) in [5, 5.41) is 0. The van der Waals surface area contributed by atoms with E-state index in [0.29, 0.717) is 26.1 Å². The Kier molecular flexibility index (Phi) is 4.94. The average molecular weight is 289 g/mol. The number of aromatic nitrogens is 2. The summed E-state index contributed by atoms with van der Waals surface area (Å²) in [6, 6.07) is 8.88. The highest BCUT2D eigenvalue weighted by molar-refractivity contribution is 5.28. The largest absolute Gasteiger partial charge is 0.497 e. The Bertz CT molecular complexity index is 719. The Hall–Kier alpha value is -2.34. The first-order valence-electron chi connectivity index (χ1n) is 6.79. The van der Waals surface area contributed by atoms with E-state index >= 15 is 0 Å². The van der Waals surface area contributed by atoms with Crippen molar-refractivity contribution in [3.8, 4) is 5.75 Å². The van der Waals surface area contributed by atoms with Gasteiger partial charge in [-0.2, -0.15) is 0 Å². The molecular formula is C15H19N3O3. The fraction of sp³-hybridized carbons (Fsp3) is 0.333. The number of hydrogen-bond acceptors (Lipinski definition) is 4. The zero-order valence-electron chi connectivity index (χ0n) is 12.0. The van der Waals surface area contributed by atoms with E-state index in [1.54, 1.807) is 7.11 Å². The van der Waals surface area contributed by atoms with Gasteiger partial charge in [-0.3, -0.25) is 13.9 Å². The van der Waals surface area contributed by atoms with E-state index in [4.69, 9.17) is 10.5 Å². The number of ether oxygens (including phenoxy) is 1. The Morgan fingerprint density at radius 1 is 1.24 bits per heavy atom. The maximum atomic E-state index is 12.3. The van der Waals surface area contributed by atoms with Crippen LogP contribution >= 0.6 is 0 Å². The maximum Gasteiger partial charge on any atom is 0.331 e. The van der Waals surface area contributed by atoms with E-state index in [1.165, 1.54) is 21.4 Å². The van der Waals surface area contributed by atoms with Crippen molar-refractivity contribution >= 4 is 0 Å². The summed E-state index contributed by atoms with van der Waals surface area (Å²) in [5.41, 5.74) is 5.75. The number of nitrogens with zero attached hydrogens (tertiary/aromatic N) is 2. The van der Waals surface area contributed by atoms with E-state index in [1.807, 2.05) is 24.3 Å². The molecule has 0 fully saturated rings. The van der Waals surface area contributed by atoms with Gasteiger partial charge < -0.3 is 10.5 Å². The van der Waals surface area contributed by atoms with Crippen LogP contribution in [0.1, 0.15) is 12.0 Å². The molecule has 0 unspecified atom stereocenters. The minimum Gasteiger partial charge on any atom is -0.497 e. The zero-order chi connectivity index (χ0) is 15.2. The number of rotatable bonds is 6. The summed E-state index contributed by atoms with van der Waals surface area (Å²) in [6.07, 6.45) is 2.11. The van der Waals surface area contributed by atoms with Crippen LogP contribution in [0.25, 0.3) is 0 Å². The molecule has 0 aliphatic rings. The first-order valence-corrected chi connectivity index (χ1v) is 6.79. The molecule has 2 N–H and O–H groups in total. The SMILES string of the molecule is COc1cccc(Cn2ccc(=O)n(CCCN)c2=O)c1. The van der Waals surface area contributed by atoms with Crippen molar-refractivity contribution in [1.29, 1.82) is 0 Å². The van der Waals surface area contributed by atoms with Gasteiger partial charge in [-0.1, -0.05) is 12.1 Å². The summed E-state index contributed by atoms with van der Waals surface area (Å²) in [6.45, 7) is 1.17. The summed E-state index contributed by atoms with van der Waals surface area (Å²) >= 11 is 0. The van der Waals surface area contributed by atoms with Gasteiger partial charge in [0.05, 0.1) is 13.7 Å². The molecule has 0 atom stereocenters. The zero-order valence-corrected chi connectivity index (χ0v) is 12.0. The van der Waals surface area contributed by atoms with Crippen LogP contribution in [0.4, 0.5) is 0 Å². The van der Waals surface area contributed by atoms with Gasteiger partial charge in [0.15, 0.2) is 0 Å². The molecule has 0 saturated heterocycles. The molecule has 2 aromatic rings. The molecule has 1 aromatic heterocycles. The summed E-state index contributed by atoms with van der Waals surface area (Å²) in [4.78, 5) is 24.0. The van der Waals surface area contributed by atoms with Gasteiger partial charge >= 0.3 is 5.69 Å². The van der Waals surface area contributed by atoms with Gasteiger partial charge in [0.1, 0.15) is 5.75 Å². The second-order valence-electron chi connectivity index (χ2n) is 4.71. The van der Waals surface area contributed by atoms with Crippen molar-refractivity contribution in [2.24, 2.45) is 5.73 Å². The third-order valence-electron chi connectivity index (χ3n) is 3.21. The highest BCUT2D eigenvalue weighted by Crippen LogP contribution is 2.12. The van der Waals surface area contributed by atoms with Crippen molar-refractivity contribution < 1.29 is 4.74 Å². The molecule has 0 spiro atoms. The minimum absolute atomic E-state index is 0.296. The first kappa shape index (κ1) is 15.1. The van der Waals surface area contributed by atoms with Gasteiger partial charge in [0.25, 0.3) is 5.56 Å². The van der Waals surface area contributed by atoms with Crippen molar-refractivity contribution in [1.82, 2.24) is 9.13 Å². The van der Waals surface area contributed by atoms with Crippen LogP contribution < -0.4 is 21.7 Å². The van der Waals surface area contributed by atoms with E-state index < -0.39 is 0 Å². The standard InChI is InChI=1S/C15H19N3O3/c1-21-13-5-2-4-12(10-13)11-17-9-6-14(19)18(15(17)20)8-3-7-16/h2,4-6,9-10H,3,7-8,11,16H2,1H3. The summed E-state index contributed by atoms with van der Waals surface area (Å²) < 4.78 is 7.88. The van der Waals surface area contributed by atoms with Crippen LogP contribution in [0.5, 0.6) is 5.75 Å². The summed E-state index contributed by atoms with van der Waals surface area (Å²) in [7, 11) is 1.60. The molecule has 0 bridgehead atoms. The van der Waals surface area contributed by atoms with Gasteiger partial charge in [0.2, 0.25) is 0 Å². The average Bonchev–Trinajstić information content (AvgIpc) is 2.50. The van der Waals surface area contributed by atoms with E-state index in [0.717, 1.165) is 11.3 Å². The molecule has 0 amide bonds. The monoisotopic (exact) mass is 289 g/mol. The van der Waals surface area contributed by atoms with Crippen LogP contribution in [0.3, 0.4) is 0 Å². The Labute approximate surface area is 122 Å². The molecule has 2 rings (SSSR count). The van der Waals surface area contributed by atoms with Gasteiger partial charge in [-0.25, -0.2) is 4.79 Å². The Balaban J connectivity index is 2.32. The van der Waals surface area contributed by atoms with Crippen LogP contribution in [-0.2, 0) is 13.1 Å². The van der Waals surface area contributed by atoms with Crippen LogP contribution in [-0.4, -0.2) is 22.8 Å². The fourth-order valence-electron chi connectivity index (χ4n) is 2.10. The molecule has 0 aliphatic carbocycles. The quantitative estimate of drug-likeness (QED) is 0.835.